The molecular weight excluding hydrogens is 160 g/mol. The van der Waals surface area contributed by atoms with Crippen molar-refractivity contribution in [2.75, 3.05) is 20.3 Å². The second kappa shape index (κ2) is 3.86. The van der Waals surface area contributed by atoms with Gasteiger partial charge in [-0.05, 0) is 6.42 Å². The first kappa shape index (κ1) is 8.72. The summed E-state index contributed by atoms with van der Waals surface area (Å²) in [6, 6.07) is 0. The predicted octanol–water partition coefficient (Wildman–Crippen LogP) is 1.68. The van der Waals surface area contributed by atoms with E-state index >= 15 is 0 Å². The SMILES string of the molecule is CCC(Cl)CN1C=CN(C)C1. The van der Waals surface area contributed by atoms with E-state index in [1.165, 1.54) is 0 Å². The first-order valence-corrected chi connectivity index (χ1v) is 4.42. The third-order valence-electron chi connectivity index (χ3n) is 1.81. The van der Waals surface area contributed by atoms with Crippen LogP contribution in [-0.4, -0.2) is 35.4 Å². The molecule has 0 radical (unpaired) electrons. The third kappa shape index (κ3) is 2.62. The van der Waals surface area contributed by atoms with Gasteiger partial charge in [-0.25, -0.2) is 0 Å². The molecule has 1 aliphatic heterocycles. The van der Waals surface area contributed by atoms with E-state index < -0.39 is 0 Å². The van der Waals surface area contributed by atoms with E-state index in [0.717, 1.165) is 19.6 Å². The van der Waals surface area contributed by atoms with E-state index in [4.69, 9.17) is 11.6 Å². The average Bonchev–Trinajstić information content (AvgIpc) is 2.35. The molecule has 0 aromatic carbocycles. The summed E-state index contributed by atoms with van der Waals surface area (Å²) in [7, 11) is 2.06. The molecule has 3 heteroatoms. The molecule has 0 fully saturated rings. The number of alkyl halides is 1. The Balaban J connectivity index is 2.24. The quantitative estimate of drug-likeness (QED) is 0.601. The lowest BCUT2D eigenvalue weighted by Crippen LogP contribution is -2.27. The van der Waals surface area contributed by atoms with Gasteiger partial charge in [-0.2, -0.15) is 0 Å². The maximum Gasteiger partial charge on any atom is 0.0891 e. The molecule has 0 aromatic heterocycles. The second-order valence-corrected chi connectivity index (χ2v) is 3.59. The number of hydrogen-bond donors (Lipinski definition) is 0. The molecule has 0 spiro atoms. The molecule has 1 atom stereocenters. The zero-order chi connectivity index (χ0) is 8.27. The lowest BCUT2D eigenvalue weighted by Gasteiger charge is -2.20. The normalized spacial score (nSPS) is 19.5. The smallest absolute Gasteiger partial charge is 0.0891 e. The van der Waals surface area contributed by atoms with Gasteiger partial charge in [0.1, 0.15) is 0 Å². The summed E-state index contributed by atoms with van der Waals surface area (Å²) >= 11 is 6.00. The first-order valence-electron chi connectivity index (χ1n) is 3.99. The molecule has 64 valence electrons. The van der Waals surface area contributed by atoms with E-state index in [1.807, 2.05) is 0 Å². The van der Waals surface area contributed by atoms with E-state index in [-0.39, 0.29) is 5.38 Å². The van der Waals surface area contributed by atoms with Crippen LogP contribution >= 0.6 is 11.6 Å². The van der Waals surface area contributed by atoms with E-state index in [9.17, 15) is 0 Å². The van der Waals surface area contributed by atoms with Crippen LogP contribution in [0.5, 0.6) is 0 Å². The fraction of sp³-hybridized carbons (Fsp3) is 0.750. The van der Waals surface area contributed by atoms with Gasteiger partial charge in [0.15, 0.2) is 0 Å². The molecule has 0 saturated heterocycles. The highest BCUT2D eigenvalue weighted by molar-refractivity contribution is 6.20. The van der Waals surface area contributed by atoms with Crippen LogP contribution in [0.2, 0.25) is 0 Å². The van der Waals surface area contributed by atoms with Crippen LogP contribution in [0.15, 0.2) is 12.4 Å². The van der Waals surface area contributed by atoms with Gasteiger partial charge >= 0.3 is 0 Å². The fourth-order valence-electron chi connectivity index (χ4n) is 1.09. The van der Waals surface area contributed by atoms with Crippen molar-refractivity contribution in [3.05, 3.63) is 12.4 Å². The summed E-state index contributed by atoms with van der Waals surface area (Å²) in [4.78, 5) is 4.36. The van der Waals surface area contributed by atoms with Crippen molar-refractivity contribution in [3.63, 3.8) is 0 Å². The van der Waals surface area contributed by atoms with Gasteiger partial charge in [0.2, 0.25) is 0 Å². The topological polar surface area (TPSA) is 6.48 Å². The molecular formula is C8H15ClN2. The number of halogens is 1. The maximum absolute atomic E-state index is 6.00. The van der Waals surface area contributed by atoms with Crippen LogP contribution in [0.3, 0.4) is 0 Å². The van der Waals surface area contributed by atoms with Crippen molar-refractivity contribution in [2.45, 2.75) is 18.7 Å². The van der Waals surface area contributed by atoms with Gasteiger partial charge in [-0.1, -0.05) is 6.92 Å². The van der Waals surface area contributed by atoms with Crippen LogP contribution in [0, 0.1) is 0 Å². The Morgan fingerprint density at radius 3 is 2.73 bits per heavy atom. The lowest BCUT2D eigenvalue weighted by atomic mass is 10.3. The van der Waals surface area contributed by atoms with Crippen LogP contribution in [-0.2, 0) is 0 Å². The number of nitrogens with zero attached hydrogens (tertiary/aromatic N) is 2. The summed E-state index contributed by atoms with van der Waals surface area (Å²) in [5, 5.41) is 0.283. The van der Waals surface area contributed by atoms with E-state index in [0.29, 0.717) is 0 Å². The molecule has 1 rings (SSSR count). The predicted molar refractivity (Wildman–Crippen MR) is 48.4 cm³/mol. The lowest BCUT2D eigenvalue weighted by molar-refractivity contribution is 0.295. The molecule has 0 bridgehead atoms. The number of hydrogen-bond acceptors (Lipinski definition) is 2. The van der Waals surface area contributed by atoms with Crippen LogP contribution in [0.4, 0.5) is 0 Å². The Morgan fingerprint density at radius 2 is 2.27 bits per heavy atom. The molecule has 1 unspecified atom stereocenters. The molecule has 1 aliphatic rings. The standard InChI is InChI=1S/C8H15ClN2/c1-3-8(9)6-11-5-4-10(2)7-11/h4-5,8H,3,6-7H2,1-2H3. The molecule has 2 nitrogen and oxygen atoms in total. The van der Waals surface area contributed by atoms with E-state index in [2.05, 4.69) is 36.2 Å². The van der Waals surface area contributed by atoms with Gasteiger partial charge in [-0.3, -0.25) is 0 Å². The summed E-state index contributed by atoms with van der Waals surface area (Å²) in [6.07, 6.45) is 5.19. The van der Waals surface area contributed by atoms with Crippen LogP contribution in [0.1, 0.15) is 13.3 Å². The van der Waals surface area contributed by atoms with Crippen LogP contribution in [0.25, 0.3) is 0 Å². The zero-order valence-corrected chi connectivity index (χ0v) is 7.88. The van der Waals surface area contributed by atoms with E-state index in [1.54, 1.807) is 0 Å². The van der Waals surface area contributed by atoms with Crippen molar-refractivity contribution in [3.8, 4) is 0 Å². The average molecular weight is 175 g/mol. The highest BCUT2D eigenvalue weighted by atomic mass is 35.5. The number of rotatable bonds is 3. The molecule has 11 heavy (non-hydrogen) atoms. The van der Waals surface area contributed by atoms with Gasteiger partial charge in [0.05, 0.1) is 12.0 Å². The Morgan fingerprint density at radius 1 is 1.55 bits per heavy atom. The van der Waals surface area contributed by atoms with Crippen molar-refractivity contribution in [2.24, 2.45) is 0 Å². The van der Waals surface area contributed by atoms with Gasteiger partial charge in [0.25, 0.3) is 0 Å². The molecule has 0 saturated carbocycles. The largest absolute Gasteiger partial charge is 0.362 e. The molecule has 0 amide bonds. The minimum Gasteiger partial charge on any atom is -0.362 e. The Labute approximate surface area is 73.4 Å². The summed E-state index contributed by atoms with van der Waals surface area (Å²) in [5.41, 5.74) is 0. The monoisotopic (exact) mass is 174 g/mol. The van der Waals surface area contributed by atoms with Gasteiger partial charge in [0, 0.05) is 26.0 Å². The van der Waals surface area contributed by atoms with Crippen LogP contribution < -0.4 is 0 Å². The van der Waals surface area contributed by atoms with Crippen molar-refractivity contribution < 1.29 is 0 Å². The second-order valence-electron chi connectivity index (χ2n) is 2.97. The molecule has 0 N–H and O–H groups in total. The summed E-state index contributed by atoms with van der Waals surface area (Å²) in [5.74, 6) is 0. The Bertz CT molecular complexity index is 147. The summed E-state index contributed by atoms with van der Waals surface area (Å²) in [6.45, 7) is 4.04. The highest BCUT2D eigenvalue weighted by Crippen LogP contribution is 2.09. The van der Waals surface area contributed by atoms with Crippen molar-refractivity contribution in [1.29, 1.82) is 0 Å². The van der Waals surface area contributed by atoms with Crippen molar-refractivity contribution in [1.82, 2.24) is 9.80 Å². The van der Waals surface area contributed by atoms with Crippen molar-refractivity contribution >= 4 is 11.6 Å². The molecule has 0 aromatic rings. The third-order valence-corrected chi connectivity index (χ3v) is 2.26. The zero-order valence-electron chi connectivity index (χ0n) is 7.13. The maximum atomic E-state index is 6.00. The molecule has 1 heterocycles. The Kier molecular flexibility index (Phi) is 3.06. The minimum atomic E-state index is 0.283. The highest BCUT2D eigenvalue weighted by Gasteiger charge is 2.11. The van der Waals surface area contributed by atoms with Gasteiger partial charge in [-0.15, -0.1) is 11.6 Å². The summed E-state index contributed by atoms with van der Waals surface area (Å²) < 4.78 is 0. The minimum absolute atomic E-state index is 0.283. The fourth-order valence-corrected chi connectivity index (χ4v) is 1.27. The molecule has 0 aliphatic carbocycles. The Hall–Kier alpha value is -0.370. The van der Waals surface area contributed by atoms with Gasteiger partial charge < -0.3 is 9.80 Å². The first-order chi connectivity index (χ1) is 5.22.